The van der Waals surface area contributed by atoms with E-state index in [1.165, 1.54) is 11.1 Å². The number of carbonyl (C=O) groups is 1. The minimum atomic E-state index is -3.43. The van der Waals surface area contributed by atoms with Gasteiger partial charge in [-0.1, -0.05) is 46.8 Å². The summed E-state index contributed by atoms with van der Waals surface area (Å²) in [5, 5.41) is 9.45. The van der Waals surface area contributed by atoms with Crippen molar-refractivity contribution in [2.24, 2.45) is 4.99 Å². The van der Waals surface area contributed by atoms with Crippen molar-refractivity contribution in [1.82, 2.24) is 0 Å². The lowest BCUT2D eigenvalue weighted by Crippen LogP contribution is -2.34. The molecule has 0 spiro atoms. The number of sulfone groups is 1. The monoisotopic (exact) mass is 544 g/mol. The van der Waals surface area contributed by atoms with Crippen LogP contribution in [0.4, 0.5) is 17.1 Å². The quantitative estimate of drug-likeness (QED) is 0.368. The Kier molecular flexibility index (Phi) is 6.49. The second-order valence-electron chi connectivity index (χ2n) is 12.1. The van der Waals surface area contributed by atoms with Crippen LogP contribution in [0.2, 0.25) is 0 Å². The summed E-state index contributed by atoms with van der Waals surface area (Å²) in [6.07, 6.45) is 2.69. The molecule has 39 heavy (non-hydrogen) atoms. The second kappa shape index (κ2) is 9.33. The zero-order valence-electron chi connectivity index (χ0n) is 23.5. The largest absolute Gasteiger partial charge is 0.478 e. The molecule has 0 saturated heterocycles. The molecule has 3 aromatic carbocycles. The number of benzene rings is 3. The van der Waals surface area contributed by atoms with E-state index in [-0.39, 0.29) is 27.0 Å². The molecule has 2 aliphatic rings. The summed E-state index contributed by atoms with van der Waals surface area (Å²) in [4.78, 5) is 19.0. The number of aromatic carboxylic acids is 1. The van der Waals surface area contributed by atoms with Crippen LogP contribution in [0.25, 0.3) is 0 Å². The molecular formula is C32H36N2O4S. The summed E-state index contributed by atoms with van der Waals surface area (Å²) >= 11 is 0. The number of carboxylic acid groups (broad SMARTS) is 1. The Morgan fingerprint density at radius 1 is 0.923 bits per heavy atom. The average Bonchev–Trinajstić information content (AvgIpc) is 3.00. The van der Waals surface area contributed by atoms with Gasteiger partial charge in [0.2, 0.25) is 0 Å². The molecule has 0 saturated carbocycles. The SMILES string of the molecule is CCCS(=O)(=O)c1ccc2c(c1)N=C(c1ccc(C(=O)O)cc1)c1cc3c(cc1N2C)C(C)(C)CCC3(C)C. The van der Waals surface area contributed by atoms with E-state index in [0.717, 1.165) is 35.3 Å². The first-order valence-corrected chi connectivity index (χ1v) is 15.1. The fourth-order valence-electron chi connectivity index (χ4n) is 5.83. The summed E-state index contributed by atoms with van der Waals surface area (Å²) in [7, 11) is -1.44. The van der Waals surface area contributed by atoms with Crippen LogP contribution < -0.4 is 4.90 Å². The first kappa shape index (κ1) is 27.1. The van der Waals surface area contributed by atoms with Gasteiger partial charge in [0.1, 0.15) is 0 Å². The Labute approximate surface area is 231 Å². The number of anilines is 2. The molecule has 1 aliphatic heterocycles. The average molecular weight is 545 g/mol. The Bertz CT molecular complexity index is 1620. The highest BCUT2D eigenvalue weighted by Crippen LogP contribution is 2.50. The molecule has 6 nitrogen and oxygen atoms in total. The van der Waals surface area contributed by atoms with E-state index in [9.17, 15) is 18.3 Å². The molecule has 0 fully saturated rings. The highest BCUT2D eigenvalue weighted by atomic mass is 32.2. The molecular weight excluding hydrogens is 508 g/mol. The summed E-state index contributed by atoms with van der Waals surface area (Å²) in [5.41, 5.74) is 7.59. The number of hydrogen-bond donors (Lipinski definition) is 1. The summed E-state index contributed by atoms with van der Waals surface area (Å²) in [6, 6.07) is 16.5. The molecule has 0 bridgehead atoms. The van der Waals surface area contributed by atoms with Crippen molar-refractivity contribution in [3.8, 4) is 0 Å². The predicted molar refractivity (Wildman–Crippen MR) is 157 cm³/mol. The molecule has 204 valence electrons. The molecule has 0 radical (unpaired) electrons. The van der Waals surface area contributed by atoms with E-state index in [2.05, 4.69) is 44.7 Å². The highest BCUT2D eigenvalue weighted by molar-refractivity contribution is 7.91. The lowest BCUT2D eigenvalue weighted by molar-refractivity contribution is 0.0697. The maximum atomic E-state index is 13.0. The fourth-order valence-corrected chi connectivity index (χ4v) is 7.17. The molecule has 1 heterocycles. The van der Waals surface area contributed by atoms with Crippen LogP contribution in [0.1, 0.15) is 86.5 Å². The van der Waals surface area contributed by atoms with Crippen LogP contribution in [0.15, 0.2) is 64.5 Å². The van der Waals surface area contributed by atoms with Crippen molar-refractivity contribution < 1.29 is 18.3 Å². The molecule has 0 amide bonds. The van der Waals surface area contributed by atoms with Gasteiger partial charge in [-0.05, 0) is 83.7 Å². The third-order valence-corrected chi connectivity index (χ3v) is 10.3. The minimum absolute atomic E-state index is 0.00832. The number of nitrogens with zero attached hydrogens (tertiary/aromatic N) is 2. The Morgan fingerprint density at radius 3 is 2.13 bits per heavy atom. The predicted octanol–water partition coefficient (Wildman–Crippen LogP) is 7.17. The van der Waals surface area contributed by atoms with Crippen molar-refractivity contribution in [2.75, 3.05) is 17.7 Å². The van der Waals surface area contributed by atoms with E-state index < -0.39 is 15.8 Å². The van der Waals surface area contributed by atoms with E-state index in [1.54, 1.807) is 36.4 Å². The maximum absolute atomic E-state index is 13.0. The van der Waals surface area contributed by atoms with Crippen molar-refractivity contribution in [3.63, 3.8) is 0 Å². The van der Waals surface area contributed by atoms with Crippen LogP contribution in [-0.4, -0.2) is 38.0 Å². The smallest absolute Gasteiger partial charge is 0.335 e. The number of carboxylic acids is 1. The number of hydrogen-bond acceptors (Lipinski definition) is 5. The number of fused-ring (bicyclic) bond motifs is 3. The van der Waals surface area contributed by atoms with Crippen LogP contribution >= 0.6 is 0 Å². The third kappa shape index (κ3) is 4.67. The Hall–Kier alpha value is -3.45. The topological polar surface area (TPSA) is 87.0 Å². The standard InChI is InChI=1S/C32H36N2O4S/c1-7-16-39(37,38)22-12-13-27-26(17-22)33-29(20-8-10-21(11-9-20)30(35)36)23-18-24-25(19-28(23)34(27)6)32(4,5)15-14-31(24,2)3/h8-13,17-19H,7,14-16H2,1-6H3,(H,35,36). The van der Waals surface area contributed by atoms with E-state index >= 15 is 0 Å². The Balaban J connectivity index is 1.82. The van der Waals surface area contributed by atoms with Gasteiger partial charge in [-0.15, -0.1) is 0 Å². The van der Waals surface area contributed by atoms with Gasteiger partial charge in [-0.25, -0.2) is 18.2 Å². The van der Waals surface area contributed by atoms with Crippen molar-refractivity contribution >= 4 is 38.6 Å². The van der Waals surface area contributed by atoms with Gasteiger partial charge in [-0.3, -0.25) is 0 Å². The lowest BCUT2D eigenvalue weighted by Gasteiger charge is -2.43. The minimum Gasteiger partial charge on any atom is -0.478 e. The molecule has 0 atom stereocenters. The van der Waals surface area contributed by atoms with Crippen molar-refractivity contribution in [3.05, 3.63) is 82.4 Å². The van der Waals surface area contributed by atoms with Gasteiger partial charge in [0.05, 0.1) is 39.0 Å². The van der Waals surface area contributed by atoms with E-state index in [0.29, 0.717) is 17.8 Å². The first-order chi connectivity index (χ1) is 18.2. The molecule has 7 heteroatoms. The molecule has 0 aromatic heterocycles. The fraction of sp³-hybridized carbons (Fsp3) is 0.375. The van der Waals surface area contributed by atoms with Gasteiger partial charge < -0.3 is 10.0 Å². The molecule has 0 unspecified atom stereocenters. The van der Waals surface area contributed by atoms with Crippen LogP contribution in [0, 0.1) is 0 Å². The van der Waals surface area contributed by atoms with E-state index in [4.69, 9.17) is 4.99 Å². The second-order valence-corrected chi connectivity index (χ2v) is 14.2. The number of rotatable bonds is 5. The molecule has 3 aromatic rings. The summed E-state index contributed by atoms with van der Waals surface area (Å²) < 4.78 is 25.9. The summed E-state index contributed by atoms with van der Waals surface area (Å²) in [6.45, 7) is 11.0. The molecule has 5 rings (SSSR count). The van der Waals surface area contributed by atoms with Crippen LogP contribution in [0.5, 0.6) is 0 Å². The van der Waals surface area contributed by atoms with Gasteiger partial charge in [0.15, 0.2) is 9.84 Å². The maximum Gasteiger partial charge on any atom is 0.335 e. The normalized spacial score (nSPS) is 17.4. The first-order valence-electron chi connectivity index (χ1n) is 13.5. The zero-order valence-corrected chi connectivity index (χ0v) is 24.3. The van der Waals surface area contributed by atoms with Gasteiger partial charge >= 0.3 is 5.97 Å². The van der Waals surface area contributed by atoms with Gasteiger partial charge in [-0.2, -0.15) is 0 Å². The van der Waals surface area contributed by atoms with Crippen molar-refractivity contribution in [1.29, 1.82) is 0 Å². The lowest BCUT2D eigenvalue weighted by atomic mass is 9.62. The summed E-state index contributed by atoms with van der Waals surface area (Å²) in [5.74, 6) is -0.912. The number of aliphatic imine (C=N–C) groups is 1. The van der Waals surface area contributed by atoms with Gasteiger partial charge in [0.25, 0.3) is 0 Å². The Morgan fingerprint density at radius 2 is 1.54 bits per heavy atom. The van der Waals surface area contributed by atoms with Gasteiger partial charge in [0, 0.05) is 18.2 Å². The molecule has 1 N–H and O–H groups in total. The van der Waals surface area contributed by atoms with Crippen molar-refractivity contribution in [2.45, 2.75) is 69.6 Å². The van der Waals surface area contributed by atoms with Crippen LogP contribution in [-0.2, 0) is 20.7 Å². The van der Waals surface area contributed by atoms with Crippen LogP contribution in [0.3, 0.4) is 0 Å². The van der Waals surface area contributed by atoms with E-state index in [1.807, 2.05) is 20.0 Å². The third-order valence-electron chi connectivity index (χ3n) is 8.36. The highest BCUT2D eigenvalue weighted by Gasteiger charge is 2.39. The zero-order chi connectivity index (χ0) is 28.3. The molecule has 1 aliphatic carbocycles.